The molecule has 0 bridgehead atoms. The smallest absolute Gasteiger partial charge is 0.251 e. The van der Waals surface area contributed by atoms with E-state index in [1.165, 1.54) is 5.57 Å². The summed E-state index contributed by atoms with van der Waals surface area (Å²) in [5.74, 6) is 0.666. The molecular weight excluding hydrogens is 605 g/mol. The number of hydrogen-bond acceptors (Lipinski definition) is 5. The summed E-state index contributed by atoms with van der Waals surface area (Å²) in [5.41, 5.74) is 0.886. The molecule has 0 radical (unpaired) electrons. The fourth-order valence-corrected chi connectivity index (χ4v) is 12.2. The summed E-state index contributed by atoms with van der Waals surface area (Å²) in [6.07, 6.45) is 12.2. The lowest BCUT2D eigenvalue weighted by Gasteiger charge is -2.70. The van der Waals surface area contributed by atoms with Crippen molar-refractivity contribution in [3.8, 4) is 0 Å². The standard InChI is InChI=1S/C40H58N2O4S/c1-35(2)30-13-16-40(7)32(38(30,5)15-14-31(35)44)29(43)23-27-28-24-37(4,18-17-36(28,3)19-20-39(27,40)6)34(46)42-22-21-41-33(45)25-9-11-26(47-8)12-10-25/h9-12,23,28,30-32,44H,13-22,24H2,1-8H3,(H,41,45)(H,42,46)/t28-,30?,31+,32-,36-,37+,38+,39-,40-/m1/s1. The van der Waals surface area contributed by atoms with Crippen LogP contribution in [0, 0.1) is 50.2 Å². The van der Waals surface area contributed by atoms with E-state index in [1.807, 2.05) is 30.5 Å². The first kappa shape index (κ1) is 34.7. The Hall–Kier alpha value is -2.12. The van der Waals surface area contributed by atoms with Gasteiger partial charge >= 0.3 is 0 Å². The Morgan fingerprint density at radius 2 is 1.53 bits per heavy atom. The molecule has 0 spiro atoms. The molecule has 1 unspecified atom stereocenters. The molecule has 0 saturated heterocycles. The number of carbonyl (C=O) groups is 3. The lowest BCUT2D eigenvalue weighted by molar-refractivity contribution is -0.202. The molecule has 6 rings (SSSR count). The summed E-state index contributed by atoms with van der Waals surface area (Å²) >= 11 is 1.64. The van der Waals surface area contributed by atoms with E-state index < -0.39 is 5.41 Å². The summed E-state index contributed by atoms with van der Waals surface area (Å²) in [6, 6.07) is 7.55. The molecule has 6 nitrogen and oxygen atoms in total. The molecule has 258 valence electrons. The van der Waals surface area contributed by atoms with Crippen molar-refractivity contribution in [1.82, 2.24) is 10.6 Å². The molecule has 4 fully saturated rings. The van der Waals surface area contributed by atoms with Gasteiger partial charge in [-0.05, 0) is 133 Å². The lowest BCUT2D eigenvalue weighted by atomic mass is 9.33. The van der Waals surface area contributed by atoms with Gasteiger partial charge in [-0.3, -0.25) is 14.4 Å². The Morgan fingerprint density at radius 3 is 2.21 bits per heavy atom. The van der Waals surface area contributed by atoms with Crippen LogP contribution in [0.1, 0.15) is 117 Å². The van der Waals surface area contributed by atoms with Crippen molar-refractivity contribution < 1.29 is 19.5 Å². The minimum absolute atomic E-state index is 0.0458. The zero-order valence-corrected chi connectivity index (χ0v) is 30.9. The molecule has 4 saturated carbocycles. The Morgan fingerprint density at radius 1 is 0.872 bits per heavy atom. The van der Waals surface area contributed by atoms with E-state index in [2.05, 4.69) is 65.2 Å². The normalized spacial score (nSPS) is 42.1. The highest BCUT2D eigenvalue weighted by molar-refractivity contribution is 7.98. The van der Waals surface area contributed by atoms with Gasteiger partial charge in [0.1, 0.15) is 0 Å². The Bertz CT molecular complexity index is 1470. The van der Waals surface area contributed by atoms with E-state index in [0.717, 1.165) is 62.7 Å². The lowest BCUT2D eigenvalue weighted by Crippen LogP contribution is -2.66. The van der Waals surface area contributed by atoms with Gasteiger partial charge in [0.15, 0.2) is 5.78 Å². The predicted molar refractivity (Wildman–Crippen MR) is 189 cm³/mol. The van der Waals surface area contributed by atoms with Gasteiger partial charge in [0.05, 0.1) is 6.10 Å². The van der Waals surface area contributed by atoms with E-state index in [9.17, 15) is 19.5 Å². The molecule has 0 aliphatic heterocycles. The van der Waals surface area contributed by atoms with E-state index in [1.54, 1.807) is 11.8 Å². The maximum absolute atomic E-state index is 14.6. The van der Waals surface area contributed by atoms with Crippen LogP contribution < -0.4 is 10.6 Å². The summed E-state index contributed by atoms with van der Waals surface area (Å²) in [7, 11) is 0. The highest BCUT2D eigenvalue weighted by Crippen LogP contribution is 2.75. The van der Waals surface area contributed by atoms with E-state index in [0.29, 0.717) is 30.4 Å². The number of benzene rings is 1. The van der Waals surface area contributed by atoms with Crippen molar-refractivity contribution in [3.05, 3.63) is 41.5 Å². The molecule has 1 aromatic rings. The third-order valence-electron chi connectivity index (χ3n) is 15.2. The molecule has 0 heterocycles. The number of aliphatic hydroxyl groups is 1. The molecule has 2 amide bonds. The molecule has 5 aliphatic rings. The highest BCUT2D eigenvalue weighted by Gasteiger charge is 2.70. The highest BCUT2D eigenvalue weighted by atomic mass is 32.2. The number of ketones is 1. The van der Waals surface area contributed by atoms with Gasteiger partial charge in [0.2, 0.25) is 5.91 Å². The van der Waals surface area contributed by atoms with E-state index >= 15 is 0 Å². The fraction of sp³-hybridized carbons (Fsp3) is 0.725. The van der Waals surface area contributed by atoms with Crippen LogP contribution in [0.15, 0.2) is 40.8 Å². The van der Waals surface area contributed by atoms with Crippen molar-refractivity contribution in [2.75, 3.05) is 19.3 Å². The van der Waals surface area contributed by atoms with Crippen molar-refractivity contribution in [2.24, 2.45) is 50.2 Å². The molecule has 47 heavy (non-hydrogen) atoms. The second-order valence-electron chi connectivity index (χ2n) is 17.9. The van der Waals surface area contributed by atoms with Crippen LogP contribution in [-0.4, -0.2) is 48.2 Å². The molecule has 1 aromatic carbocycles. The first-order valence-corrected chi connectivity index (χ1v) is 19.3. The van der Waals surface area contributed by atoms with Gasteiger partial charge in [-0.25, -0.2) is 0 Å². The summed E-state index contributed by atoms with van der Waals surface area (Å²) in [4.78, 5) is 42.1. The minimum atomic E-state index is -0.533. The SMILES string of the molecule is CSc1ccc(C(=O)NCCNC(=O)[C@@]2(C)CC[C@]3(C)CC[C@]4(C)C(=CC(=O)[C@@H]5[C@@]6(C)CC[C@H](O)C(C)(C)C6CC[C@]54C)[C@H]3C2)cc1. The maximum atomic E-state index is 14.6. The van der Waals surface area contributed by atoms with Crippen LogP contribution in [0.4, 0.5) is 0 Å². The monoisotopic (exact) mass is 662 g/mol. The van der Waals surface area contributed by atoms with Crippen LogP contribution >= 0.6 is 11.8 Å². The third-order valence-corrected chi connectivity index (χ3v) is 15.9. The summed E-state index contributed by atoms with van der Waals surface area (Å²) < 4.78 is 0. The molecular formula is C40H58N2O4S. The fourth-order valence-electron chi connectivity index (χ4n) is 11.8. The van der Waals surface area contributed by atoms with Gasteiger partial charge < -0.3 is 15.7 Å². The molecule has 9 atom stereocenters. The maximum Gasteiger partial charge on any atom is 0.251 e. The quantitative estimate of drug-likeness (QED) is 0.216. The zero-order valence-electron chi connectivity index (χ0n) is 30.1. The topological polar surface area (TPSA) is 95.5 Å². The number of hydrogen-bond donors (Lipinski definition) is 3. The zero-order chi connectivity index (χ0) is 34.2. The van der Waals surface area contributed by atoms with Crippen LogP contribution in [0.25, 0.3) is 0 Å². The van der Waals surface area contributed by atoms with Crippen LogP contribution in [-0.2, 0) is 9.59 Å². The first-order chi connectivity index (χ1) is 21.9. The first-order valence-electron chi connectivity index (χ1n) is 18.1. The largest absolute Gasteiger partial charge is 0.393 e. The second-order valence-corrected chi connectivity index (χ2v) is 18.7. The molecule has 3 N–H and O–H groups in total. The Labute approximate surface area is 287 Å². The average Bonchev–Trinajstić information content (AvgIpc) is 3.03. The number of fused-ring (bicyclic) bond motifs is 7. The second kappa shape index (κ2) is 11.7. The number of carbonyl (C=O) groups excluding carboxylic acids is 3. The van der Waals surface area contributed by atoms with Gasteiger partial charge in [0.25, 0.3) is 5.91 Å². The molecule has 0 aromatic heterocycles. The number of aliphatic hydroxyl groups excluding tert-OH is 1. The van der Waals surface area contributed by atoms with Crippen molar-refractivity contribution in [3.63, 3.8) is 0 Å². The van der Waals surface area contributed by atoms with Crippen LogP contribution in [0.3, 0.4) is 0 Å². The van der Waals surface area contributed by atoms with Gasteiger partial charge in [-0.15, -0.1) is 11.8 Å². The van der Waals surface area contributed by atoms with Crippen molar-refractivity contribution >= 4 is 29.4 Å². The number of nitrogens with one attached hydrogen (secondary N) is 2. The Balaban J connectivity index is 1.19. The number of amides is 2. The minimum Gasteiger partial charge on any atom is -0.393 e. The van der Waals surface area contributed by atoms with Crippen molar-refractivity contribution in [2.45, 2.75) is 117 Å². The number of rotatable bonds is 6. The third kappa shape index (κ3) is 5.27. The van der Waals surface area contributed by atoms with Gasteiger partial charge in [-0.1, -0.05) is 54.0 Å². The number of allylic oxidation sites excluding steroid dienone is 2. The summed E-state index contributed by atoms with van der Waals surface area (Å²) in [6.45, 7) is 16.9. The summed E-state index contributed by atoms with van der Waals surface area (Å²) in [5, 5.41) is 17.1. The Kier molecular flexibility index (Phi) is 8.68. The predicted octanol–water partition coefficient (Wildman–Crippen LogP) is 7.60. The van der Waals surface area contributed by atoms with Gasteiger partial charge in [0, 0.05) is 34.9 Å². The number of thioether (sulfide) groups is 1. The van der Waals surface area contributed by atoms with Crippen LogP contribution in [0.2, 0.25) is 0 Å². The van der Waals surface area contributed by atoms with Crippen LogP contribution in [0.5, 0.6) is 0 Å². The van der Waals surface area contributed by atoms with E-state index in [-0.39, 0.29) is 56.8 Å². The van der Waals surface area contributed by atoms with E-state index in [4.69, 9.17) is 0 Å². The van der Waals surface area contributed by atoms with Gasteiger partial charge in [-0.2, -0.15) is 0 Å². The molecule has 5 aliphatic carbocycles. The molecule has 7 heteroatoms. The van der Waals surface area contributed by atoms with Crippen molar-refractivity contribution in [1.29, 1.82) is 0 Å². The average molecular weight is 663 g/mol.